The maximum atomic E-state index is 12.5. The standard InChI is InChI=1S/C23H21N3O3S/c1-4-28-20-7-5-6-17-12-18(22(27)29-21(17)20)15(3)25-26-23-24-19(13-30-23)16-10-8-14(2)9-11-16/h5-13H,4H2,1-3H3,(H,24,26)/b25-15+. The highest BCUT2D eigenvalue weighted by Crippen LogP contribution is 2.26. The maximum Gasteiger partial charge on any atom is 0.345 e. The van der Waals surface area contributed by atoms with E-state index >= 15 is 0 Å². The van der Waals surface area contributed by atoms with Gasteiger partial charge in [0.2, 0.25) is 5.13 Å². The summed E-state index contributed by atoms with van der Waals surface area (Å²) in [6.45, 7) is 6.19. The largest absolute Gasteiger partial charge is 0.490 e. The molecule has 0 aliphatic rings. The van der Waals surface area contributed by atoms with Crippen LogP contribution in [0.2, 0.25) is 0 Å². The number of hydrogen-bond donors (Lipinski definition) is 1. The zero-order valence-corrected chi connectivity index (χ0v) is 17.7. The van der Waals surface area contributed by atoms with Crippen LogP contribution in [0.5, 0.6) is 5.75 Å². The number of anilines is 1. The lowest BCUT2D eigenvalue weighted by atomic mass is 10.1. The van der Waals surface area contributed by atoms with E-state index in [-0.39, 0.29) is 0 Å². The van der Waals surface area contributed by atoms with Gasteiger partial charge in [0.05, 0.1) is 23.6 Å². The van der Waals surface area contributed by atoms with Crippen molar-refractivity contribution in [3.63, 3.8) is 0 Å². The van der Waals surface area contributed by atoms with E-state index in [0.29, 0.717) is 34.3 Å². The molecule has 0 aliphatic carbocycles. The Morgan fingerprint density at radius 1 is 1.23 bits per heavy atom. The third-order valence-corrected chi connectivity index (χ3v) is 5.33. The van der Waals surface area contributed by atoms with Gasteiger partial charge in [-0.05, 0) is 32.9 Å². The number of hydrogen-bond acceptors (Lipinski definition) is 7. The van der Waals surface area contributed by atoms with Crippen LogP contribution in [0.3, 0.4) is 0 Å². The first kappa shape index (κ1) is 19.8. The van der Waals surface area contributed by atoms with Crippen molar-refractivity contribution < 1.29 is 9.15 Å². The summed E-state index contributed by atoms with van der Waals surface area (Å²) in [5.74, 6) is 0.554. The first-order valence-corrected chi connectivity index (χ1v) is 10.5. The molecule has 0 spiro atoms. The Balaban J connectivity index is 1.58. The number of hydrazone groups is 1. The average Bonchev–Trinajstić information content (AvgIpc) is 3.22. The van der Waals surface area contributed by atoms with Gasteiger partial charge >= 0.3 is 5.63 Å². The fourth-order valence-corrected chi connectivity index (χ4v) is 3.67. The quantitative estimate of drug-likeness (QED) is 0.255. The fraction of sp³-hybridized carbons (Fsp3) is 0.174. The highest BCUT2D eigenvalue weighted by Gasteiger charge is 2.12. The first-order valence-electron chi connectivity index (χ1n) is 9.58. The molecule has 2 heterocycles. The van der Waals surface area contributed by atoms with Crippen LogP contribution in [0.15, 0.2) is 68.2 Å². The minimum Gasteiger partial charge on any atom is -0.490 e. The van der Waals surface area contributed by atoms with Gasteiger partial charge in [0, 0.05) is 16.3 Å². The third-order valence-electron chi connectivity index (χ3n) is 4.58. The molecular weight excluding hydrogens is 398 g/mol. The Hall–Kier alpha value is -3.45. The number of aromatic nitrogens is 1. The predicted molar refractivity (Wildman–Crippen MR) is 122 cm³/mol. The summed E-state index contributed by atoms with van der Waals surface area (Å²) in [5.41, 5.74) is 6.95. The van der Waals surface area contributed by atoms with Gasteiger partial charge in [0.25, 0.3) is 0 Å². The highest BCUT2D eigenvalue weighted by molar-refractivity contribution is 7.14. The van der Waals surface area contributed by atoms with E-state index < -0.39 is 5.63 Å². The number of nitrogens with zero attached hydrogens (tertiary/aromatic N) is 2. The first-order chi connectivity index (χ1) is 14.5. The predicted octanol–water partition coefficient (Wildman–Crippen LogP) is 5.46. The Morgan fingerprint density at radius 2 is 2.03 bits per heavy atom. The molecule has 152 valence electrons. The zero-order valence-electron chi connectivity index (χ0n) is 16.9. The van der Waals surface area contributed by atoms with Crippen molar-refractivity contribution in [1.29, 1.82) is 0 Å². The summed E-state index contributed by atoms with van der Waals surface area (Å²) in [6, 6.07) is 15.5. The van der Waals surface area contributed by atoms with Crippen molar-refractivity contribution in [3.8, 4) is 17.0 Å². The molecule has 0 atom stereocenters. The number of nitrogens with one attached hydrogen (secondary N) is 1. The van der Waals surface area contributed by atoms with Crippen LogP contribution in [0, 0.1) is 6.92 Å². The smallest absolute Gasteiger partial charge is 0.345 e. The third kappa shape index (κ3) is 4.11. The molecule has 0 radical (unpaired) electrons. The van der Waals surface area contributed by atoms with Crippen molar-refractivity contribution in [2.24, 2.45) is 5.10 Å². The molecule has 0 saturated carbocycles. The molecule has 6 nitrogen and oxygen atoms in total. The van der Waals surface area contributed by atoms with Crippen LogP contribution < -0.4 is 15.8 Å². The Bertz CT molecular complexity index is 1270. The van der Waals surface area contributed by atoms with Gasteiger partial charge in [-0.2, -0.15) is 5.10 Å². The van der Waals surface area contributed by atoms with Crippen LogP contribution in [0.25, 0.3) is 22.2 Å². The summed E-state index contributed by atoms with van der Waals surface area (Å²) in [7, 11) is 0. The summed E-state index contributed by atoms with van der Waals surface area (Å²) in [4.78, 5) is 17.1. The van der Waals surface area contributed by atoms with Crippen LogP contribution >= 0.6 is 11.3 Å². The van der Waals surface area contributed by atoms with Crippen LogP contribution in [-0.2, 0) is 0 Å². The second-order valence-electron chi connectivity index (χ2n) is 6.77. The molecular formula is C23H21N3O3S. The molecule has 0 amide bonds. The number of para-hydroxylation sites is 1. The molecule has 30 heavy (non-hydrogen) atoms. The second kappa shape index (κ2) is 8.51. The minimum absolute atomic E-state index is 0.388. The molecule has 4 rings (SSSR count). The highest BCUT2D eigenvalue weighted by atomic mass is 32.1. The van der Waals surface area contributed by atoms with E-state index in [1.54, 1.807) is 19.1 Å². The molecule has 0 fully saturated rings. The molecule has 4 aromatic rings. The number of benzene rings is 2. The lowest BCUT2D eigenvalue weighted by molar-refractivity contribution is 0.337. The number of aryl methyl sites for hydroxylation is 1. The summed E-state index contributed by atoms with van der Waals surface area (Å²) in [5, 5.41) is 7.73. The lowest BCUT2D eigenvalue weighted by Gasteiger charge is -2.07. The molecule has 0 bridgehead atoms. The maximum absolute atomic E-state index is 12.5. The van der Waals surface area contributed by atoms with Gasteiger partial charge in [-0.3, -0.25) is 5.43 Å². The molecule has 1 N–H and O–H groups in total. The van der Waals surface area contributed by atoms with Gasteiger partial charge in [0.1, 0.15) is 0 Å². The van der Waals surface area contributed by atoms with E-state index in [9.17, 15) is 4.79 Å². The van der Waals surface area contributed by atoms with Crippen molar-refractivity contribution in [2.45, 2.75) is 20.8 Å². The topological polar surface area (TPSA) is 76.7 Å². The van der Waals surface area contributed by atoms with Crippen molar-refractivity contribution in [2.75, 3.05) is 12.0 Å². The zero-order chi connectivity index (χ0) is 21.1. The van der Waals surface area contributed by atoms with E-state index in [1.807, 2.05) is 36.6 Å². The van der Waals surface area contributed by atoms with Crippen LogP contribution in [0.1, 0.15) is 25.0 Å². The molecule has 2 aromatic carbocycles. The molecule has 2 aromatic heterocycles. The minimum atomic E-state index is -0.461. The second-order valence-corrected chi connectivity index (χ2v) is 7.63. The van der Waals surface area contributed by atoms with Gasteiger partial charge in [0.15, 0.2) is 11.3 Å². The van der Waals surface area contributed by atoms with E-state index in [4.69, 9.17) is 9.15 Å². The average molecular weight is 420 g/mol. The van der Waals surface area contributed by atoms with E-state index in [2.05, 4.69) is 34.6 Å². The Labute approximate surface area is 177 Å². The normalized spacial score (nSPS) is 11.6. The van der Waals surface area contributed by atoms with E-state index in [0.717, 1.165) is 16.6 Å². The van der Waals surface area contributed by atoms with Gasteiger partial charge < -0.3 is 9.15 Å². The van der Waals surface area contributed by atoms with Crippen LogP contribution in [0.4, 0.5) is 5.13 Å². The number of thiazole rings is 1. The monoisotopic (exact) mass is 419 g/mol. The van der Waals surface area contributed by atoms with Crippen LogP contribution in [-0.4, -0.2) is 17.3 Å². The number of ether oxygens (including phenoxy) is 1. The molecule has 0 saturated heterocycles. The summed E-state index contributed by atoms with van der Waals surface area (Å²) < 4.78 is 11.1. The van der Waals surface area contributed by atoms with Gasteiger partial charge in [-0.15, -0.1) is 11.3 Å². The SMILES string of the molecule is CCOc1cccc2cc(/C(C)=N/Nc3nc(-c4ccc(C)cc4)cs3)c(=O)oc12. The number of fused-ring (bicyclic) bond motifs is 1. The number of rotatable bonds is 6. The molecule has 0 unspecified atom stereocenters. The van der Waals surface area contributed by atoms with Gasteiger partial charge in [-0.1, -0.05) is 42.0 Å². The Morgan fingerprint density at radius 3 is 2.80 bits per heavy atom. The van der Waals surface area contributed by atoms with Crippen molar-refractivity contribution in [1.82, 2.24) is 4.98 Å². The lowest BCUT2D eigenvalue weighted by Crippen LogP contribution is -2.13. The fourth-order valence-electron chi connectivity index (χ4n) is 3.01. The molecule has 7 heteroatoms. The van der Waals surface area contributed by atoms with E-state index in [1.165, 1.54) is 16.9 Å². The van der Waals surface area contributed by atoms with Gasteiger partial charge in [-0.25, -0.2) is 9.78 Å². The Kier molecular flexibility index (Phi) is 5.63. The molecule has 0 aliphatic heterocycles. The van der Waals surface area contributed by atoms with Crippen molar-refractivity contribution in [3.05, 3.63) is 75.5 Å². The summed E-state index contributed by atoms with van der Waals surface area (Å²) >= 11 is 1.45. The van der Waals surface area contributed by atoms with Crippen molar-refractivity contribution >= 4 is 33.1 Å². The summed E-state index contributed by atoms with van der Waals surface area (Å²) in [6.07, 6.45) is 0.